The normalized spacial score (nSPS) is 10.8. The highest BCUT2D eigenvalue weighted by Gasteiger charge is 2.22. The van der Waals surface area contributed by atoms with E-state index in [1.54, 1.807) is 0 Å². The monoisotopic (exact) mass is 286 g/mol. The van der Waals surface area contributed by atoms with Crippen LogP contribution in [0.5, 0.6) is 17.2 Å². The molecule has 0 aliphatic heterocycles. The van der Waals surface area contributed by atoms with E-state index in [0.29, 0.717) is 29.5 Å². The van der Waals surface area contributed by atoms with Gasteiger partial charge in [0, 0.05) is 16.7 Å². The topological polar surface area (TPSA) is 60.7 Å². The van der Waals surface area contributed by atoms with Gasteiger partial charge < -0.3 is 15.3 Å². The second kappa shape index (κ2) is 6.08. The maximum absolute atomic E-state index is 10.6. The Hall–Kier alpha value is -2.16. The standard InChI is InChI=1S/C18H22O3/c1-4-11-8-7-9-12(10-11)15-13(5-2)17(20)18(21)14(6-3)16(15)19/h7-10,19-21H,4-6H2,1-3H3. The third-order valence-corrected chi connectivity index (χ3v) is 3.95. The van der Waals surface area contributed by atoms with Crippen molar-refractivity contribution in [2.75, 3.05) is 0 Å². The molecule has 0 spiro atoms. The summed E-state index contributed by atoms with van der Waals surface area (Å²) in [6.45, 7) is 5.81. The van der Waals surface area contributed by atoms with Gasteiger partial charge in [0.05, 0.1) is 0 Å². The molecule has 2 rings (SSSR count). The second-order valence-corrected chi connectivity index (χ2v) is 5.14. The number of rotatable bonds is 4. The van der Waals surface area contributed by atoms with E-state index in [1.807, 2.05) is 38.1 Å². The molecule has 3 N–H and O–H groups in total. The molecule has 0 saturated carbocycles. The lowest BCUT2D eigenvalue weighted by Gasteiger charge is -2.18. The Morgan fingerprint density at radius 3 is 1.95 bits per heavy atom. The van der Waals surface area contributed by atoms with Crippen molar-refractivity contribution < 1.29 is 15.3 Å². The number of aryl methyl sites for hydroxylation is 1. The summed E-state index contributed by atoms with van der Waals surface area (Å²) in [5, 5.41) is 30.8. The molecule has 0 saturated heterocycles. The quantitative estimate of drug-likeness (QED) is 0.584. The van der Waals surface area contributed by atoms with E-state index in [1.165, 1.54) is 5.56 Å². The molecular weight excluding hydrogens is 264 g/mol. The van der Waals surface area contributed by atoms with Crippen molar-refractivity contribution in [2.45, 2.75) is 40.0 Å². The van der Waals surface area contributed by atoms with Gasteiger partial charge in [0.1, 0.15) is 5.75 Å². The van der Waals surface area contributed by atoms with E-state index in [2.05, 4.69) is 6.92 Å². The van der Waals surface area contributed by atoms with Gasteiger partial charge in [-0.25, -0.2) is 0 Å². The van der Waals surface area contributed by atoms with Gasteiger partial charge in [-0.3, -0.25) is 0 Å². The van der Waals surface area contributed by atoms with Gasteiger partial charge in [-0.15, -0.1) is 0 Å². The smallest absolute Gasteiger partial charge is 0.164 e. The average molecular weight is 286 g/mol. The summed E-state index contributed by atoms with van der Waals surface area (Å²) < 4.78 is 0. The molecule has 0 radical (unpaired) electrons. The van der Waals surface area contributed by atoms with E-state index >= 15 is 0 Å². The van der Waals surface area contributed by atoms with Gasteiger partial charge in [0.25, 0.3) is 0 Å². The maximum Gasteiger partial charge on any atom is 0.164 e. The summed E-state index contributed by atoms with van der Waals surface area (Å²) in [5.74, 6) is -0.260. The van der Waals surface area contributed by atoms with Gasteiger partial charge >= 0.3 is 0 Å². The van der Waals surface area contributed by atoms with Gasteiger partial charge in [-0.05, 0) is 30.4 Å². The zero-order valence-corrected chi connectivity index (χ0v) is 12.8. The highest BCUT2D eigenvalue weighted by molar-refractivity contribution is 5.81. The molecule has 0 bridgehead atoms. The minimum atomic E-state index is -0.206. The molecule has 0 unspecified atom stereocenters. The summed E-state index contributed by atoms with van der Waals surface area (Å²) in [7, 11) is 0. The molecule has 0 amide bonds. The molecule has 3 heteroatoms. The predicted octanol–water partition coefficient (Wildman–Crippen LogP) is 4.16. The highest BCUT2D eigenvalue weighted by atomic mass is 16.3. The van der Waals surface area contributed by atoms with Crippen LogP contribution in [-0.2, 0) is 19.3 Å². The van der Waals surface area contributed by atoms with Crippen LogP contribution in [0.1, 0.15) is 37.5 Å². The van der Waals surface area contributed by atoms with Gasteiger partial charge in [-0.1, -0.05) is 45.0 Å². The van der Waals surface area contributed by atoms with Crippen LogP contribution >= 0.6 is 0 Å². The summed E-state index contributed by atoms with van der Waals surface area (Å²) in [4.78, 5) is 0. The number of phenolic OH excluding ortho intramolecular Hbond substituents is 3. The van der Waals surface area contributed by atoms with Crippen molar-refractivity contribution in [3.05, 3.63) is 41.0 Å². The van der Waals surface area contributed by atoms with Crippen LogP contribution in [0.3, 0.4) is 0 Å². The Morgan fingerprint density at radius 2 is 1.38 bits per heavy atom. The minimum Gasteiger partial charge on any atom is -0.507 e. The third-order valence-electron chi connectivity index (χ3n) is 3.95. The Labute approximate surface area is 125 Å². The number of hydrogen-bond acceptors (Lipinski definition) is 3. The lowest BCUT2D eigenvalue weighted by Crippen LogP contribution is -1.96. The van der Waals surface area contributed by atoms with Crippen molar-refractivity contribution in [3.63, 3.8) is 0 Å². The molecule has 0 aromatic heterocycles. The average Bonchev–Trinajstić information content (AvgIpc) is 2.51. The molecule has 2 aromatic carbocycles. The lowest BCUT2D eigenvalue weighted by molar-refractivity contribution is 0.387. The van der Waals surface area contributed by atoms with Crippen molar-refractivity contribution in [2.24, 2.45) is 0 Å². The zero-order chi connectivity index (χ0) is 15.6. The molecule has 0 fully saturated rings. The van der Waals surface area contributed by atoms with Gasteiger partial charge in [0.15, 0.2) is 11.5 Å². The molecular formula is C18H22O3. The minimum absolute atomic E-state index is 0.0675. The predicted molar refractivity (Wildman–Crippen MR) is 85.0 cm³/mol. The second-order valence-electron chi connectivity index (χ2n) is 5.14. The van der Waals surface area contributed by atoms with Crippen molar-refractivity contribution in [3.8, 4) is 28.4 Å². The van der Waals surface area contributed by atoms with E-state index in [9.17, 15) is 15.3 Å². The fourth-order valence-corrected chi connectivity index (χ4v) is 2.75. The number of phenols is 3. The number of aromatic hydroxyl groups is 3. The molecule has 2 aromatic rings. The largest absolute Gasteiger partial charge is 0.507 e. The molecule has 0 aliphatic carbocycles. The van der Waals surface area contributed by atoms with Crippen LogP contribution in [0.4, 0.5) is 0 Å². The summed E-state index contributed by atoms with van der Waals surface area (Å²) in [6, 6.07) is 7.92. The number of benzene rings is 2. The fourth-order valence-electron chi connectivity index (χ4n) is 2.75. The van der Waals surface area contributed by atoms with Crippen LogP contribution < -0.4 is 0 Å². The van der Waals surface area contributed by atoms with Gasteiger partial charge in [-0.2, -0.15) is 0 Å². The van der Waals surface area contributed by atoms with Gasteiger partial charge in [0.2, 0.25) is 0 Å². The van der Waals surface area contributed by atoms with Crippen molar-refractivity contribution >= 4 is 0 Å². The molecule has 0 heterocycles. The molecule has 112 valence electrons. The van der Waals surface area contributed by atoms with Crippen molar-refractivity contribution in [1.29, 1.82) is 0 Å². The molecule has 3 nitrogen and oxygen atoms in total. The highest BCUT2D eigenvalue weighted by Crippen LogP contribution is 2.47. The van der Waals surface area contributed by atoms with Crippen LogP contribution in [-0.4, -0.2) is 15.3 Å². The SMILES string of the molecule is CCc1cccc(-c2c(O)c(CC)c(O)c(O)c2CC)c1. The summed E-state index contributed by atoms with van der Waals surface area (Å²) >= 11 is 0. The Balaban J connectivity index is 2.80. The van der Waals surface area contributed by atoms with E-state index in [4.69, 9.17) is 0 Å². The van der Waals surface area contributed by atoms with Crippen LogP contribution in [0, 0.1) is 0 Å². The zero-order valence-electron chi connectivity index (χ0n) is 12.8. The van der Waals surface area contributed by atoms with Crippen LogP contribution in [0.15, 0.2) is 24.3 Å². The summed E-state index contributed by atoms with van der Waals surface area (Å²) in [5.41, 5.74) is 3.63. The van der Waals surface area contributed by atoms with E-state index in [0.717, 1.165) is 12.0 Å². The number of hydrogen-bond donors (Lipinski definition) is 3. The van der Waals surface area contributed by atoms with Crippen LogP contribution in [0.2, 0.25) is 0 Å². The lowest BCUT2D eigenvalue weighted by atomic mass is 9.91. The molecule has 0 aliphatic rings. The first-order valence-corrected chi connectivity index (χ1v) is 7.42. The first-order valence-electron chi connectivity index (χ1n) is 7.42. The van der Waals surface area contributed by atoms with Crippen LogP contribution in [0.25, 0.3) is 11.1 Å². The Kier molecular flexibility index (Phi) is 4.41. The Bertz CT molecular complexity index is 660. The third kappa shape index (κ3) is 2.56. The Morgan fingerprint density at radius 1 is 0.762 bits per heavy atom. The maximum atomic E-state index is 10.6. The molecule has 21 heavy (non-hydrogen) atoms. The fraction of sp³-hybridized carbons (Fsp3) is 0.333. The van der Waals surface area contributed by atoms with E-state index < -0.39 is 0 Å². The first-order chi connectivity index (χ1) is 10.0. The van der Waals surface area contributed by atoms with E-state index in [-0.39, 0.29) is 17.2 Å². The first kappa shape index (κ1) is 15.2. The molecule has 0 atom stereocenters. The van der Waals surface area contributed by atoms with Crippen molar-refractivity contribution in [1.82, 2.24) is 0 Å². The summed E-state index contributed by atoms with van der Waals surface area (Å²) in [6.07, 6.45) is 1.89.